The zero-order chi connectivity index (χ0) is 12.4. The summed E-state index contributed by atoms with van der Waals surface area (Å²) in [7, 11) is 0. The molecule has 0 fully saturated rings. The van der Waals surface area contributed by atoms with E-state index in [-0.39, 0.29) is 6.04 Å². The molecular weight excluding hydrogens is 226 g/mol. The van der Waals surface area contributed by atoms with Crippen LogP contribution < -0.4 is 10.1 Å². The Morgan fingerprint density at radius 3 is 2.94 bits per heavy atom. The van der Waals surface area contributed by atoms with Gasteiger partial charge in [0.05, 0.1) is 6.04 Å². The molecule has 1 heterocycles. The van der Waals surface area contributed by atoms with Crippen LogP contribution in [0.25, 0.3) is 0 Å². The van der Waals surface area contributed by atoms with Crippen LogP contribution in [0.15, 0.2) is 48.5 Å². The number of aromatic hydroxyl groups is 1. The van der Waals surface area contributed by atoms with Gasteiger partial charge in [-0.25, -0.2) is 0 Å². The lowest BCUT2D eigenvalue weighted by Gasteiger charge is -2.11. The maximum atomic E-state index is 9.41. The summed E-state index contributed by atoms with van der Waals surface area (Å²) in [6.07, 6.45) is 0. The molecule has 3 rings (SSSR count). The molecule has 3 nitrogen and oxygen atoms in total. The van der Waals surface area contributed by atoms with Gasteiger partial charge in [-0.3, -0.25) is 0 Å². The summed E-state index contributed by atoms with van der Waals surface area (Å²) < 4.78 is 5.61. The first-order chi connectivity index (χ1) is 8.83. The van der Waals surface area contributed by atoms with Gasteiger partial charge in [0.2, 0.25) is 0 Å². The number of phenols is 1. The Hall–Kier alpha value is -2.00. The minimum Gasteiger partial charge on any atom is -0.508 e. The van der Waals surface area contributed by atoms with E-state index < -0.39 is 0 Å². The third-order valence-corrected chi connectivity index (χ3v) is 3.16. The van der Waals surface area contributed by atoms with Crippen molar-refractivity contribution in [2.75, 3.05) is 6.61 Å². The molecule has 0 radical (unpaired) electrons. The Balaban J connectivity index is 1.69. The number of phenolic OH excluding ortho intramolecular Hbond substituents is 1. The van der Waals surface area contributed by atoms with Crippen molar-refractivity contribution >= 4 is 0 Å². The van der Waals surface area contributed by atoms with Crippen molar-refractivity contribution in [3.8, 4) is 11.5 Å². The van der Waals surface area contributed by atoms with E-state index in [1.807, 2.05) is 30.3 Å². The van der Waals surface area contributed by atoms with E-state index in [0.717, 1.165) is 17.9 Å². The van der Waals surface area contributed by atoms with Crippen molar-refractivity contribution in [3.05, 3.63) is 59.7 Å². The van der Waals surface area contributed by atoms with Crippen LogP contribution in [0, 0.1) is 0 Å². The first kappa shape index (κ1) is 11.1. The van der Waals surface area contributed by atoms with Gasteiger partial charge in [-0.1, -0.05) is 30.3 Å². The van der Waals surface area contributed by atoms with Crippen LogP contribution in [0.4, 0.5) is 0 Å². The Bertz CT molecular complexity index is 554. The van der Waals surface area contributed by atoms with Gasteiger partial charge in [-0.05, 0) is 23.8 Å². The molecule has 0 aromatic heterocycles. The van der Waals surface area contributed by atoms with Crippen LogP contribution in [0.1, 0.15) is 17.2 Å². The van der Waals surface area contributed by atoms with E-state index in [0.29, 0.717) is 12.4 Å². The van der Waals surface area contributed by atoms with Crippen LogP contribution >= 0.6 is 0 Å². The van der Waals surface area contributed by atoms with Gasteiger partial charge in [-0.15, -0.1) is 0 Å². The summed E-state index contributed by atoms with van der Waals surface area (Å²) in [6.45, 7) is 1.38. The third kappa shape index (κ3) is 2.17. The quantitative estimate of drug-likeness (QED) is 0.868. The maximum absolute atomic E-state index is 9.41. The van der Waals surface area contributed by atoms with Crippen LogP contribution in [0.3, 0.4) is 0 Å². The Morgan fingerprint density at radius 1 is 1.17 bits per heavy atom. The van der Waals surface area contributed by atoms with E-state index in [4.69, 9.17) is 4.74 Å². The second-order valence-corrected chi connectivity index (χ2v) is 4.45. The topological polar surface area (TPSA) is 41.5 Å². The molecule has 0 saturated carbocycles. The standard InChI is InChI=1S/C15H15NO2/c17-12-5-3-4-11(8-12)9-16-14-10-18-15-7-2-1-6-13(14)15/h1-8,14,16-17H,9-10H2. The second-order valence-electron chi connectivity index (χ2n) is 4.45. The molecule has 0 saturated heterocycles. The normalized spacial score (nSPS) is 17.2. The van der Waals surface area contributed by atoms with E-state index >= 15 is 0 Å². The van der Waals surface area contributed by atoms with Gasteiger partial charge < -0.3 is 15.2 Å². The molecule has 0 aliphatic carbocycles. The molecule has 0 amide bonds. The summed E-state index contributed by atoms with van der Waals surface area (Å²) in [5.41, 5.74) is 2.28. The highest BCUT2D eigenvalue weighted by Gasteiger charge is 2.22. The fourth-order valence-corrected chi connectivity index (χ4v) is 2.24. The smallest absolute Gasteiger partial charge is 0.124 e. The van der Waals surface area contributed by atoms with Gasteiger partial charge in [0, 0.05) is 12.1 Å². The van der Waals surface area contributed by atoms with Crippen LogP contribution in [-0.2, 0) is 6.54 Å². The van der Waals surface area contributed by atoms with Gasteiger partial charge in [-0.2, -0.15) is 0 Å². The molecular formula is C15H15NO2. The molecule has 18 heavy (non-hydrogen) atoms. The first-order valence-corrected chi connectivity index (χ1v) is 6.06. The van der Waals surface area contributed by atoms with E-state index in [1.165, 1.54) is 5.56 Å². The summed E-state index contributed by atoms with van der Waals surface area (Å²) >= 11 is 0. The van der Waals surface area contributed by atoms with E-state index in [2.05, 4.69) is 11.4 Å². The average molecular weight is 241 g/mol. The number of hydrogen-bond donors (Lipinski definition) is 2. The lowest BCUT2D eigenvalue weighted by Crippen LogP contribution is -2.21. The van der Waals surface area contributed by atoms with E-state index in [9.17, 15) is 5.11 Å². The second kappa shape index (κ2) is 4.70. The molecule has 2 aromatic rings. The lowest BCUT2D eigenvalue weighted by atomic mass is 10.1. The number of ether oxygens (including phenoxy) is 1. The monoisotopic (exact) mass is 241 g/mol. The molecule has 1 unspecified atom stereocenters. The average Bonchev–Trinajstić information content (AvgIpc) is 2.80. The van der Waals surface area contributed by atoms with Crippen molar-refractivity contribution in [2.24, 2.45) is 0 Å². The summed E-state index contributed by atoms with van der Waals surface area (Å²) in [4.78, 5) is 0. The molecule has 2 aromatic carbocycles. The largest absolute Gasteiger partial charge is 0.508 e. The van der Waals surface area contributed by atoms with Crippen LogP contribution in [0.2, 0.25) is 0 Å². The molecule has 1 atom stereocenters. The number of rotatable bonds is 3. The van der Waals surface area contributed by atoms with Crippen LogP contribution in [0.5, 0.6) is 11.5 Å². The lowest BCUT2D eigenvalue weighted by molar-refractivity contribution is 0.310. The fourth-order valence-electron chi connectivity index (χ4n) is 2.24. The highest BCUT2D eigenvalue weighted by molar-refractivity contribution is 5.39. The van der Waals surface area contributed by atoms with Crippen molar-refractivity contribution in [1.82, 2.24) is 5.32 Å². The van der Waals surface area contributed by atoms with Crippen molar-refractivity contribution < 1.29 is 9.84 Å². The van der Waals surface area contributed by atoms with Crippen molar-refractivity contribution in [3.63, 3.8) is 0 Å². The highest BCUT2D eigenvalue weighted by Crippen LogP contribution is 2.31. The third-order valence-electron chi connectivity index (χ3n) is 3.16. The van der Waals surface area contributed by atoms with Crippen molar-refractivity contribution in [2.45, 2.75) is 12.6 Å². The highest BCUT2D eigenvalue weighted by atomic mass is 16.5. The summed E-state index contributed by atoms with van der Waals surface area (Å²) in [5.74, 6) is 1.27. The molecule has 0 bridgehead atoms. The maximum Gasteiger partial charge on any atom is 0.124 e. The van der Waals surface area contributed by atoms with Gasteiger partial charge in [0.25, 0.3) is 0 Å². The Morgan fingerprint density at radius 2 is 2.06 bits per heavy atom. The minimum absolute atomic E-state index is 0.226. The summed E-state index contributed by atoms with van der Waals surface area (Å²) in [5, 5.41) is 12.9. The predicted octanol–water partition coefficient (Wildman–Crippen LogP) is 2.62. The molecule has 3 heteroatoms. The molecule has 1 aliphatic heterocycles. The van der Waals surface area contributed by atoms with Gasteiger partial charge in [0.15, 0.2) is 0 Å². The zero-order valence-electron chi connectivity index (χ0n) is 9.97. The number of benzene rings is 2. The number of nitrogens with one attached hydrogen (secondary N) is 1. The molecule has 1 aliphatic rings. The molecule has 0 spiro atoms. The number of hydrogen-bond acceptors (Lipinski definition) is 3. The number of para-hydroxylation sites is 1. The Labute approximate surface area is 106 Å². The number of fused-ring (bicyclic) bond motifs is 1. The minimum atomic E-state index is 0.226. The van der Waals surface area contributed by atoms with E-state index in [1.54, 1.807) is 12.1 Å². The predicted molar refractivity (Wildman–Crippen MR) is 69.6 cm³/mol. The van der Waals surface area contributed by atoms with Crippen LogP contribution in [-0.4, -0.2) is 11.7 Å². The fraction of sp³-hybridized carbons (Fsp3) is 0.200. The Kier molecular flexibility index (Phi) is 2.90. The molecule has 2 N–H and O–H groups in total. The van der Waals surface area contributed by atoms with Gasteiger partial charge >= 0.3 is 0 Å². The SMILES string of the molecule is Oc1cccc(CNC2COc3ccccc32)c1. The van der Waals surface area contributed by atoms with Gasteiger partial charge in [0.1, 0.15) is 18.1 Å². The first-order valence-electron chi connectivity index (χ1n) is 6.06. The van der Waals surface area contributed by atoms with Crippen molar-refractivity contribution in [1.29, 1.82) is 0 Å². The molecule has 92 valence electrons. The zero-order valence-corrected chi connectivity index (χ0v) is 9.97. The summed E-state index contributed by atoms with van der Waals surface area (Å²) in [6, 6.07) is 15.6.